The first kappa shape index (κ1) is 16.9. The fourth-order valence-electron chi connectivity index (χ4n) is 2.56. The van der Waals surface area contributed by atoms with Gasteiger partial charge in [-0.3, -0.25) is 4.79 Å². The zero-order valence-corrected chi connectivity index (χ0v) is 14.0. The lowest BCUT2D eigenvalue weighted by atomic mass is 10.2. The smallest absolute Gasteiger partial charge is 0.257 e. The highest BCUT2D eigenvalue weighted by Gasteiger charge is 2.31. The average Bonchev–Trinajstić information content (AvgIpc) is 3.25. The SMILES string of the molecule is CC(NC(=O)[C@@H]1CC[C@H](CN)O1)c1noc(-c2ccc(Cl)cc2)n1. The number of carbonyl (C=O) groups is 1. The number of carbonyl (C=O) groups excluding carboxylic acids is 1. The van der Waals surface area contributed by atoms with Gasteiger partial charge in [0.05, 0.1) is 12.1 Å². The van der Waals surface area contributed by atoms with E-state index in [0.29, 0.717) is 29.7 Å². The van der Waals surface area contributed by atoms with E-state index in [4.69, 9.17) is 26.6 Å². The molecule has 128 valence electrons. The van der Waals surface area contributed by atoms with Crippen molar-refractivity contribution < 1.29 is 14.1 Å². The van der Waals surface area contributed by atoms with E-state index in [1.165, 1.54) is 0 Å². The van der Waals surface area contributed by atoms with Crippen molar-refractivity contribution in [3.05, 3.63) is 35.1 Å². The molecule has 3 rings (SSSR count). The molecule has 0 saturated carbocycles. The number of hydrogen-bond acceptors (Lipinski definition) is 6. The molecule has 0 spiro atoms. The van der Waals surface area contributed by atoms with E-state index in [1.807, 2.05) is 0 Å². The quantitative estimate of drug-likeness (QED) is 0.855. The summed E-state index contributed by atoms with van der Waals surface area (Å²) in [6.45, 7) is 2.22. The molecule has 0 radical (unpaired) electrons. The van der Waals surface area contributed by atoms with E-state index in [2.05, 4.69) is 15.5 Å². The number of hydrogen-bond donors (Lipinski definition) is 2. The molecule has 2 heterocycles. The second kappa shape index (κ2) is 7.29. The van der Waals surface area contributed by atoms with Crippen LogP contribution in [0.15, 0.2) is 28.8 Å². The number of ether oxygens (including phenoxy) is 1. The molecule has 1 aliphatic rings. The lowest BCUT2D eigenvalue weighted by Crippen LogP contribution is -2.37. The Balaban J connectivity index is 1.62. The van der Waals surface area contributed by atoms with Crippen LogP contribution in [0.25, 0.3) is 11.5 Å². The van der Waals surface area contributed by atoms with Crippen molar-refractivity contribution in [1.29, 1.82) is 0 Å². The molecule has 3 atom stereocenters. The van der Waals surface area contributed by atoms with Crippen LogP contribution in [-0.4, -0.2) is 34.8 Å². The minimum absolute atomic E-state index is 0.0438. The molecule has 1 aliphatic heterocycles. The van der Waals surface area contributed by atoms with Gasteiger partial charge in [-0.1, -0.05) is 16.8 Å². The summed E-state index contributed by atoms with van der Waals surface area (Å²) in [5.74, 6) is 0.598. The van der Waals surface area contributed by atoms with E-state index < -0.39 is 6.10 Å². The summed E-state index contributed by atoms with van der Waals surface area (Å²) in [5.41, 5.74) is 6.32. The molecule has 8 heteroatoms. The van der Waals surface area contributed by atoms with Gasteiger partial charge in [-0.15, -0.1) is 0 Å². The molecule has 1 unspecified atom stereocenters. The highest BCUT2D eigenvalue weighted by atomic mass is 35.5. The van der Waals surface area contributed by atoms with E-state index in [-0.39, 0.29) is 18.1 Å². The summed E-state index contributed by atoms with van der Waals surface area (Å²) < 4.78 is 10.8. The molecule has 3 N–H and O–H groups in total. The number of aromatic nitrogens is 2. The maximum Gasteiger partial charge on any atom is 0.257 e. The molecular weight excluding hydrogens is 332 g/mol. The van der Waals surface area contributed by atoms with Crippen molar-refractivity contribution >= 4 is 17.5 Å². The third kappa shape index (κ3) is 3.75. The zero-order chi connectivity index (χ0) is 17.1. The van der Waals surface area contributed by atoms with Gasteiger partial charge < -0.3 is 20.3 Å². The molecule has 1 saturated heterocycles. The van der Waals surface area contributed by atoms with Crippen molar-refractivity contribution in [1.82, 2.24) is 15.5 Å². The molecule has 0 bridgehead atoms. The Kier molecular flexibility index (Phi) is 5.13. The Labute approximate surface area is 144 Å². The van der Waals surface area contributed by atoms with Gasteiger partial charge in [-0.2, -0.15) is 4.98 Å². The molecule has 2 aromatic rings. The summed E-state index contributed by atoms with van der Waals surface area (Å²) in [7, 11) is 0. The number of benzene rings is 1. The predicted octanol–water partition coefficient (Wildman–Crippen LogP) is 2.07. The van der Waals surface area contributed by atoms with Gasteiger partial charge in [0.2, 0.25) is 5.91 Å². The van der Waals surface area contributed by atoms with Crippen molar-refractivity contribution in [2.24, 2.45) is 5.73 Å². The normalized spacial score (nSPS) is 21.6. The third-order valence-electron chi connectivity index (χ3n) is 3.94. The fourth-order valence-corrected chi connectivity index (χ4v) is 2.69. The summed E-state index contributed by atoms with van der Waals surface area (Å²) in [4.78, 5) is 16.6. The van der Waals surface area contributed by atoms with E-state index >= 15 is 0 Å². The number of rotatable bonds is 5. The molecule has 1 aromatic carbocycles. The number of nitrogens with one attached hydrogen (secondary N) is 1. The molecule has 1 fully saturated rings. The van der Waals surface area contributed by atoms with Crippen molar-refractivity contribution in [2.75, 3.05) is 6.54 Å². The monoisotopic (exact) mass is 350 g/mol. The number of nitrogens with zero attached hydrogens (tertiary/aromatic N) is 2. The molecule has 1 aromatic heterocycles. The topological polar surface area (TPSA) is 103 Å². The third-order valence-corrected chi connectivity index (χ3v) is 4.19. The Bertz CT molecular complexity index is 704. The van der Waals surface area contributed by atoms with Crippen LogP contribution in [0, 0.1) is 0 Å². The highest BCUT2D eigenvalue weighted by molar-refractivity contribution is 6.30. The maximum absolute atomic E-state index is 12.2. The lowest BCUT2D eigenvalue weighted by Gasteiger charge is -2.15. The van der Waals surface area contributed by atoms with E-state index in [0.717, 1.165) is 12.0 Å². The minimum Gasteiger partial charge on any atom is -0.364 e. The Hall–Kier alpha value is -1.96. The number of halogens is 1. The average molecular weight is 351 g/mol. The lowest BCUT2D eigenvalue weighted by molar-refractivity contribution is -0.132. The van der Waals surface area contributed by atoms with Gasteiger partial charge in [-0.25, -0.2) is 0 Å². The van der Waals surface area contributed by atoms with Gasteiger partial charge in [0.1, 0.15) is 6.10 Å². The van der Waals surface area contributed by atoms with Crippen LogP contribution in [0.4, 0.5) is 0 Å². The Morgan fingerprint density at radius 1 is 1.42 bits per heavy atom. The molecule has 1 amide bonds. The molecule has 7 nitrogen and oxygen atoms in total. The summed E-state index contributed by atoms with van der Waals surface area (Å²) in [6.07, 6.45) is 0.954. The van der Waals surface area contributed by atoms with Crippen LogP contribution in [0.3, 0.4) is 0 Å². The highest BCUT2D eigenvalue weighted by Crippen LogP contribution is 2.22. The van der Waals surface area contributed by atoms with Gasteiger partial charge in [0.25, 0.3) is 5.89 Å². The first-order valence-electron chi connectivity index (χ1n) is 7.82. The van der Waals surface area contributed by atoms with Crippen LogP contribution >= 0.6 is 11.6 Å². The second-order valence-electron chi connectivity index (χ2n) is 5.75. The molecule has 24 heavy (non-hydrogen) atoms. The molecular formula is C16H19ClN4O3. The van der Waals surface area contributed by atoms with Crippen molar-refractivity contribution in [3.63, 3.8) is 0 Å². The summed E-state index contributed by atoms with van der Waals surface area (Å²) in [6, 6.07) is 6.70. The van der Waals surface area contributed by atoms with Gasteiger partial charge in [0, 0.05) is 17.1 Å². The van der Waals surface area contributed by atoms with Gasteiger partial charge in [0.15, 0.2) is 5.82 Å². The number of amides is 1. The van der Waals surface area contributed by atoms with Crippen molar-refractivity contribution in [2.45, 2.75) is 38.0 Å². The van der Waals surface area contributed by atoms with Gasteiger partial charge >= 0.3 is 0 Å². The minimum atomic E-state index is -0.469. The summed E-state index contributed by atoms with van der Waals surface area (Å²) in [5, 5.41) is 7.41. The first-order chi connectivity index (χ1) is 11.6. The van der Waals surface area contributed by atoms with Gasteiger partial charge in [-0.05, 0) is 44.0 Å². The Morgan fingerprint density at radius 3 is 2.83 bits per heavy atom. The predicted molar refractivity (Wildman–Crippen MR) is 88.3 cm³/mol. The standard InChI is InChI=1S/C16H19ClN4O3/c1-9(19-15(22)13-7-6-12(8-18)23-13)14-20-16(24-21-14)10-2-4-11(17)5-3-10/h2-5,9,12-13H,6-8,18H2,1H3,(H,19,22)/t9?,12-,13+/m1/s1. The first-order valence-corrected chi connectivity index (χ1v) is 8.20. The fraction of sp³-hybridized carbons (Fsp3) is 0.438. The van der Waals surface area contributed by atoms with Crippen molar-refractivity contribution in [3.8, 4) is 11.5 Å². The largest absolute Gasteiger partial charge is 0.364 e. The van der Waals surface area contributed by atoms with Crippen LogP contribution in [0.1, 0.15) is 31.6 Å². The zero-order valence-electron chi connectivity index (χ0n) is 13.2. The Morgan fingerprint density at radius 2 is 2.17 bits per heavy atom. The molecule has 0 aliphatic carbocycles. The summed E-state index contributed by atoms with van der Waals surface area (Å²) >= 11 is 5.86. The van der Waals surface area contributed by atoms with Crippen LogP contribution in [-0.2, 0) is 9.53 Å². The van der Waals surface area contributed by atoms with Crippen LogP contribution in [0.5, 0.6) is 0 Å². The van der Waals surface area contributed by atoms with Crippen LogP contribution in [0.2, 0.25) is 5.02 Å². The van der Waals surface area contributed by atoms with Crippen LogP contribution < -0.4 is 11.1 Å². The second-order valence-corrected chi connectivity index (χ2v) is 6.19. The van der Waals surface area contributed by atoms with E-state index in [9.17, 15) is 4.79 Å². The van der Waals surface area contributed by atoms with E-state index in [1.54, 1.807) is 31.2 Å². The maximum atomic E-state index is 12.2. The number of nitrogens with two attached hydrogens (primary N) is 1.